The predicted octanol–water partition coefficient (Wildman–Crippen LogP) is -1.60. The SMILES string of the molecule is CC(C)CC(NC(=O)C(CC(N)=O)NC(=O)C(Cc1cnc[nH]1)NC(=O)C(N)C(C)C)C(=O)O. The molecule has 4 atom stereocenters. The van der Waals surface area contributed by atoms with E-state index < -0.39 is 60.2 Å². The number of carbonyl (C=O) groups is 5. The number of hydrogen-bond donors (Lipinski definition) is 7. The van der Waals surface area contributed by atoms with Gasteiger partial charge in [-0.05, 0) is 18.3 Å². The highest BCUT2D eigenvalue weighted by atomic mass is 16.4. The van der Waals surface area contributed by atoms with Crippen LogP contribution in [0.3, 0.4) is 0 Å². The van der Waals surface area contributed by atoms with Crippen molar-refractivity contribution in [3.8, 4) is 0 Å². The van der Waals surface area contributed by atoms with Gasteiger partial charge in [0.25, 0.3) is 0 Å². The van der Waals surface area contributed by atoms with Crippen LogP contribution in [0.15, 0.2) is 12.5 Å². The number of carbonyl (C=O) groups excluding carboxylic acids is 4. The second-order valence-electron chi connectivity index (χ2n) is 8.87. The van der Waals surface area contributed by atoms with Crippen LogP contribution in [0, 0.1) is 11.8 Å². The summed E-state index contributed by atoms with van der Waals surface area (Å²) in [4.78, 5) is 68.0. The summed E-state index contributed by atoms with van der Waals surface area (Å²) in [6.07, 6.45) is 2.44. The van der Waals surface area contributed by atoms with Crippen LogP contribution in [-0.4, -0.2) is 68.8 Å². The summed E-state index contributed by atoms with van der Waals surface area (Å²) in [6, 6.07) is -4.70. The van der Waals surface area contributed by atoms with Gasteiger partial charge in [0.05, 0.1) is 18.8 Å². The molecule has 0 aliphatic carbocycles. The number of primary amides is 1. The molecular weight excluding hydrogens is 446 g/mol. The number of H-pyrrole nitrogens is 1. The van der Waals surface area contributed by atoms with Crippen LogP contribution in [0.2, 0.25) is 0 Å². The zero-order chi connectivity index (χ0) is 26.0. The minimum absolute atomic E-state index is 0.00159. The molecule has 1 aromatic heterocycles. The normalized spacial score (nSPS) is 14.7. The molecule has 190 valence electrons. The Balaban J connectivity index is 3.07. The minimum Gasteiger partial charge on any atom is -0.480 e. The fourth-order valence-electron chi connectivity index (χ4n) is 3.04. The van der Waals surface area contributed by atoms with Gasteiger partial charge >= 0.3 is 5.97 Å². The van der Waals surface area contributed by atoms with Crippen LogP contribution in [0.4, 0.5) is 0 Å². The molecule has 0 spiro atoms. The van der Waals surface area contributed by atoms with Crippen LogP contribution in [0.1, 0.15) is 46.2 Å². The Morgan fingerprint density at radius 3 is 2.00 bits per heavy atom. The van der Waals surface area contributed by atoms with Gasteiger partial charge in [0.2, 0.25) is 23.6 Å². The third-order valence-electron chi connectivity index (χ3n) is 4.99. The number of rotatable bonds is 14. The number of carboxylic acid groups (broad SMARTS) is 1. The molecule has 0 saturated carbocycles. The predicted molar refractivity (Wildman–Crippen MR) is 122 cm³/mol. The maximum Gasteiger partial charge on any atom is 0.326 e. The molecular formula is C21H35N7O6. The average Bonchev–Trinajstić information content (AvgIpc) is 3.23. The fraction of sp³-hybridized carbons (Fsp3) is 0.619. The van der Waals surface area contributed by atoms with Gasteiger partial charge in [0, 0.05) is 18.3 Å². The summed E-state index contributed by atoms with van der Waals surface area (Å²) in [5.74, 6) is -4.61. The van der Waals surface area contributed by atoms with Crippen LogP contribution >= 0.6 is 0 Å². The zero-order valence-electron chi connectivity index (χ0n) is 19.8. The molecule has 1 aromatic rings. The largest absolute Gasteiger partial charge is 0.480 e. The summed E-state index contributed by atoms with van der Waals surface area (Å²) >= 11 is 0. The van der Waals surface area contributed by atoms with Gasteiger partial charge in [-0.15, -0.1) is 0 Å². The quantitative estimate of drug-likeness (QED) is 0.163. The van der Waals surface area contributed by atoms with Gasteiger partial charge in [0.1, 0.15) is 18.1 Å². The number of nitrogens with two attached hydrogens (primary N) is 2. The summed E-state index contributed by atoms with van der Waals surface area (Å²) in [7, 11) is 0. The fourth-order valence-corrected chi connectivity index (χ4v) is 3.04. The van der Waals surface area contributed by atoms with Crippen molar-refractivity contribution in [1.29, 1.82) is 0 Å². The molecule has 13 heteroatoms. The molecule has 0 saturated heterocycles. The highest BCUT2D eigenvalue weighted by Gasteiger charge is 2.32. The number of amides is 4. The first-order valence-electron chi connectivity index (χ1n) is 11.0. The lowest BCUT2D eigenvalue weighted by atomic mass is 10.0. The first kappa shape index (κ1) is 28.6. The van der Waals surface area contributed by atoms with E-state index in [1.807, 2.05) is 0 Å². The van der Waals surface area contributed by atoms with Gasteiger partial charge < -0.3 is 37.5 Å². The second-order valence-corrected chi connectivity index (χ2v) is 8.87. The van der Waals surface area contributed by atoms with Gasteiger partial charge in [-0.25, -0.2) is 9.78 Å². The summed E-state index contributed by atoms with van der Waals surface area (Å²) in [6.45, 7) is 7.07. The highest BCUT2D eigenvalue weighted by Crippen LogP contribution is 2.07. The number of aliphatic carboxylic acids is 1. The van der Waals surface area contributed by atoms with E-state index in [0.29, 0.717) is 5.69 Å². The maximum atomic E-state index is 13.0. The van der Waals surface area contributed by atoms with Crippen molar-refractivity contribution in [2.24, 2.45) is 23.3 Å². The molecule has 34 heavy (non-hydrogen) atoms. The summed E-state index contributed by atoms with van der Waals surface area (Å²) < 4.78 is 0. The Hall–Kier alpha value is -3.48. The summed E-state index contributed by atoms with van der Waals surface area (Å²) in [5, 5.41) is 16.7. The molecule has 1 rings (SSSR count). The molecule has 0 aromatic carbocycles. The maximum absolute atomic E-state index is 13.0. The number of carboxylic acids is 1. The molecule has 0 bridgehead atoms. The number of nitrogens with one attached hydrogen (secondary N) is 4. The van der Waals surface area contributed by atoms with Gasteiger partial charge in [0.15, 0.2) is 0 Å². The Morgan fingerprint density at radius 2 is 1.53 bits per heavy atom. The monoisotopic (exact) mass is 481 g/mol. The number of imidazole rings is 1. The van der Waals surface area contributed by atoms with Crippen molar-refractivity contribution in [2.75, 3.05) is 0 Å². The molecule has 4 amide bonds. The first-order chi connectivity index (χ1) is 15.8. The van der Waals surface area contributed by atoms with E-state index in [4.69, 9.17) is 11.5 Å². The van der Waals surface area contributed by atoms with E-state index in [0.717, 1.165) is 0 Å². The molecule has 0 fully saturated rings. The number of aromatic amines is 1. The molecule has 9 N–H and O–H groups in total. The minimum atomic E-state index is -1.45. The molecule has 0 radical (unpaired) electrons. The zero-order valence-corrected chi connectivity index (χ0v) is 19.8. The molecule has 13 nitrogen and oxygen atoms in total. The number of hydrogen-bond acceptors (Lipinski definition) is 7. The highest BCUT2D eigenvalue weighted by molar-refractivity contribution is 5.96. The number of aromatic nitrogens is 2. The van der Waals surface area contributed by atoms with Crippen LogP contribution in [-0.2, 0) is 30.4 Å². The van der Waals surface area contributed by atoms with Crippen molar-refractivity contribution in [1.82, 2.24) is 25.9 Å². The van der Waals surface area contributed by atoms with Crippen molar-refractivity contribution in [3.63, 3.8) is 0 Å². The van der Waals surface area contributed by atoms with Crippen molar-refractivity contribution < 1.29 is 29.1 Å². The van der Waals surface area contributed by atoms with Gasteiger partial charge in [-0.2, -0.15) is 0 Å². The smallest absolute Gasteiger partial charge is 0.326 e. The van der Waals surface area contributed by atoms with Crippen molar-refractivity contribution in [3.05, 3.63) is 18.2 Å². The molecule has 1 heterocycles. The number of nitrogens with zero attached hydrogens (tertiary/aromatic N) is 1. The molecule has 4 unspecified atom stereocenters. The van der Waals surface area contributed by atoms with E-state index >= 15 is 0 Å². The van der Waals surface area contributed by atoms with Crippen LogP contribution in [0.25, 0.3) is 0 Å². The lowest BCUT2D eigenvalue weighted by Crippen LogP contribution is -2.58. The first-order valence-corrected chi connectivity index (χ1v) is 11.0. The van der Waals surface area contributed by atoms with Crippen LogP contribution < -0.4 is 27.4 Å². The van der Waals surface area contributed by atoms with Gasteiger partial charge in [-0.3, -0.25) is 19.2 Å². The Labute approximate surface area is 197 Å². The van der Waals surface area contributed by atoms with E-state index in [9.17, 15) is 29.1 Å². The molecule has 0 aliphatic rings. The van der Waals surface area contributed by atoms with E-state index in [1.54, 1.807) is 27.7 Å². The lowest BCUT2D eigenvalue weighted by molar-refractivity contribution is -0.143. The van der Waals surface area contributed by atoms with E-state index in [2.05, 4.69) is 25.9 Å². The average molecular weight is 482 g/mol. The Kier molecular flexibility index (Phi) is 11.2. The summed E-state index contributed by atoms with van der Waals surface area (Å²) in [5.41, 5.74) is 11.6. The van der Waals surface area contributed by atoms with Gasteiger partial charge in [-0.1, -0.05) is 27.7 Å². The lowest BCUT2D eigenvalue weighted by Gasteiger charge is -2.25. The topological polar surface area (TPSA) is 222 Å². The Morgan fingerprint density at radius 1 is 0.971 bits per heavy atom. The van der Waals surface area contributed by atoms with E-state index in [1.165, 1.54) is 12.5 Å². The van der Waals surface area contributed by atoms with Crippen LogP contribution in [0.5, 0.6) is 0 Å². The standard InChI is InChI=1S/C21H35N7O6/c1-10(2)5-15(21(33)34)28-19(31)14(7-16(22)29)26-18(30)13(6-12-8-24-9-25-12)27-20(32)17(23)11(3)4/h8-11,13-15,17H,5-7,23H2,1-4H3,(H2,22,29)(H,24,25)(H,26,30)(H,27,32)(H,28,31)(H,33,34). The second kappa shape index (κ2) is 13.3. The van der Waals surface area contributed by atoms with Crippen molar-refractivity contribution in [2.45, 2.75) is 71.1 Å². The third-order valence-corrected chi connectivity index (χ3v) is 4.99. The molecule has 0 aliphatic heterocycles. The third kappa shape index (κ3) is 9.57. The van der Waals surface area contributed by atoms with Crippen molar-refractivity contribution >= 4 is 29.6 Å². The Bertz CT molecular complexity index is 856. The van der Waals surface area contributed by atoms with E-state index in [-0.39, 0.29) is 24.7 Å².